The summed E-state index contributed by atoms with van der Waals surface area (Å²) in [6.07, 6.45) is 6.05. The Labute approximate surface area is 193 Å². The Kier molecular flexibility index (Phi) is 6.65. The molecule has 1 aliphatic carbocycles. The summed E-state index contributed by atoms with van der Waals surface area (Å²) in [7, 11) is -0.0273. The topological polar surface area (TPSA) is 71.7 Å². The van der Waals surface area contributed by atoms with Crippen molar-refractivity contribution < 1.29 is 13.2 Å². The van der Waals surface area contributed by atoms with Crippen LogP contribution >= 0.6 is 11.3 Å². The van der Waals surface area contributed by atoms with E-state index in [4.69, 9.17) is 0 Å². The second-order valence-electron chi connectivity index (χ2n) is 8.35. The van der Waals surface area contributed by atoms with Crippen molar-refractivity contribution in [2.75, 3.05) is 7.05 Å². The predicted molar refractivity (Wildman–Crippen MR) is 128 cm³/mol. The van der Waals surface area contributed by atoms with Crippen LogP contribution in [0.5, 0.6) is 0 Å². The summed E-state index contributed by atoms with van der Waals surface area (Å²) in [5.41, 5.74) is 2.65. The first-order chi connectivity index (χ1) is 15.3. The van der Waals surface area contributed by atoms with Crippen molar-refractivity contribution in [2.45, 2.75) is 56.4 Å². The molecule has 32 heavy (non-hydrogen) atoms. The Balaban J connectivity index is 1.58. The standard InChI is InChI=1S/C24H29N3O3S2/c1-4-17-10-15-21-22(16-17)31-24(26(21)2)25-23(28)18-11-13-20(14-12-18)32(29,30)27(3)19-8-6-5-7-9-19/h10-16,19H,4-9H2,1-3H3. The number of hydrogen-bond acceptors (Lipinski definition) is 4. The van der Waals surface area contributed by atoms with E-state index in [0.717, 1.165) is 42.3 Å². The number of rotatable bonds is 5. The Morgan fingerprint density at radius 3 is 2.47 bits per heavy atom. The maximum Gasteiger partial charge on any atom is 0.279 e. The van der Waals surface area contributed by atoms with Crippen molar-refractivity contribution in [3.8, 4) is 0 Å². The van der Waals surface area contributed by atoms with Crippen molar-refractivity contribution >= 4 is 37.5 Å². The highest BCUT2D eigenvalue weighted by molar-refractivity contribution is 7.89. The number of hydrogen-bond donors (Lipinski definition) is 0. The van der Waals surface area contributed by atoms with E-state index in [1.807, 2.05) is 11.6 Å². The molecule has 2 aromatic carbocycles. The van der Waals surface area contributed by atoms with Crippen LogP contribution < -0.4 is 4.80 Å². The van der Waals surface area contributed by atoms with Crippen LogP contribution in [0, 0.1) is 0 Å². The van der Waals surface area contributed by atoms with Crippen LogP contribution in [-0.4, -0.2) is 36.3 Å². The molecule has 3 aromatic rings. The van der Waals surface area contributed by atoms with Crippen molar-refractivity contribution in [1.82, 2.24) is 8.87 Å². The minimum absolute atomic E-state index is 0.0474. The number of carbonyl (C=O) groups is 1. The van der Waals surface area contributed by atoms with E-state index in [9.17, 15) is 13.2 Å². The quantitative estimate of drug-likeness (QED) is 0.550. The molecule has 1 amide bonds. The van der Waals surface area contributed by atoms with Crippen LogP contribution in [0.25, 0.3) is 10.2 Å². The van der Waals surface area contributed by atoms with Gasteiger partial charge >= 0.3 is 0 Å². The predicted octanol–water partition coefficient (Wildman–Crippen LogP) is 4.50. The number of aryl methyl sites for hydroxylation is 2. The number of aromatic nitrogens is 1. The van der Waals surface area contributed by atoms with Crippen molar-refractivity contribution in [2.24, 2.45) is 12.0 Å². The van der Waals surface area contributed by atoms with Crippen LogP contribution in [0.15, 0.2) is 52.4 Å². The summed E-state index contributed by atoms with van der Waals surface area (Å²) in [5.74, 6) is -0.382. The van der Waals surface area contributed by atoms with Gasteiger partial charge in [0.1, 0.15) is 0 Å². The highest BCUT2D eigenvalue weighted by Crippen LogP contribution is 2.26. The second kappa shape index (κ2) is 9.29. The lowest BCUT2D eigenvalue weighted by molar-refractivity contribution is 0.0998. The molecule has 1 aliphatic rings. The first-order valence-corrected chi connectivity index (χ1v) is 13.3. The molecule has 0 saturated heterocycles. The van der Waals surface area contributed by atoms with Crippen molar-refractivity contribution in [3.05, 3.63) is 58.4 Å². The molecule has 4 rings (SSSR count). The number of amides is 1. The summed E-state index contributed by atoms with van der Waals surface area (Å²) >= 11 is 1.48. The van der Waals surface area contributed by atoms with Gasteiger partial charge in [-0.15, -0.1) is 0 Å². The van der Waals surface area contributed by atoms with Crippen LogP contribution in [-0.2, 0) is 23.5 Å². The van der Waals surface area contributed by atoms with Gasteiger partial charge in [-0.1, -0.05) is 43.6 Å². The minimum Gasteiger partial charge on any atom is -0.319 e. The molecule has 0 N–H and O–H groups in total. The molecule has 0 atom stereocenters. The van der Waals surface area contributed by atoms with Crippen LogP contribution in [0.4, 0.5) is 0 Å². The first kappa shape index (κ1) is 22.9. The van der Waals surface area contributed by atoms with E-state index in [2.05, 4.69) is 30.1 Å². The molecule has 6 nitrogen and oxygen atoms in total. The van der Waals surface area contributed by atoms with Gasteiger partial charge in [-0.25, -0.2) is 8.42 Å². The maximum atomic E-state index is 13.0. The third-order valence-corrected chi connectivity index (χ3v) is 9.37. The number of fused-ring (bicyclic) bond motifs is 1. The molecular weight excluding hydrogens is 442 g/mol. The van der Waals surface area contributed by atoms with E-state index in [0.29, 0.717) is 10.4 Å². The summed E-state index contributed by atoms with van der Waals surface area (Å²) in [4.78, 5) is 17.9. The van der Waals surface area contributed by atoms with E-state index in [1.54, 1.807) is 19.2 Å². The number of thiazole rings is 1. The van der Waals surface area contributed by atoms with Crippen LogP contribution in [0.3, 0.4) is 0 Å². The normalized spacial score (nSPS) is 16.2. The average molecular weight is 472 g/mol. The molecule has 1 fully saturated rings. The largest absolute Gasteiger partial charge is 0.319 e. The van der Waals surface area contributed by atoms with Gasteiger partial charge in [-0.3, -0.25) is 4.79 Å². The van der Waals surface area contributed by atoms with Gasteiger partial charge < -0.3 is 4.57 Å². The second-order valence-corrected chi connectivity index (χ2v) is 11.4. The molecule has 0 spiro atoms. The van der Waals surface area contributed by atoms with Gasteiger partial charge in [-0.2, -0.15) is 9.30 Å². The fourth-order valence-electron chi connectivity index (χ4n) is 4.23. The van der Waals surface area contributed by atoms with Gasteiger partial charge in [0.15, 0.2) is 4.80 Å². The lowest BCUT2D eigenvalue weighted by Crippen LogP contribution is -2.38. The zero-order chi connectivity index (χ0) is 22.9. The summed E-state index contributed by atoms with van der Waals surface area (Å²) in [5, 5.41) is 0. The summed E-state index contributed by atoms with van der Waals surface area (Å²) in [6, 6.07) is 12.4. The average Bonchev–Trinajstić information content (AvgIpc) is 3.13. The van der Waals surface area contributed by atoms with Gasteiger partial charge in [0, 0.05) is 25.7 Å². The number of carbonyl (C=O) groups excluding carboxylic acids is 1. The molecular formula is C24H29N3O3S2. The minimum atomic E-state index is -3.58. The van der Waals surface area contributed by atoms with Crippen molar-refractivity contribution in [3.63, 3.8) is 0 Å². The highest BCUT2D eigenvalue weighted by Gasteiger charge is 2.29. The van der Waals surface area contributed by atoms with Crippen LogP contribution in [0.1, 0.15) is 54.9 Å². The van der Waals surface area contributed by atoms with Gasteiger partial charge in [0.2, 0.25) is 10.0 Å². The molecule has 1 saturated carbocycles. The number of nitrogens with zero attached hydrogens (tertiary/aromatic N) is 3. The zero-order valence-electron chi connectivity index (χ0n) is 18.7. The smallest absolute Gasteiger partial charge is 0.279 e. The van der Waals surface area contributed by atoms with Crippen molar-refractivity contribution in [1.29, 1.82) is 0 Å². The number of benzene rings is 2. The molecule has 8 heteroatoms. The maximum absolute atomic E-state index is 13.0. The molecule has 1 heterocycles. The monoisotopic (exact) mass is 471 g/mol. The Bertz CT molecular complexity index is 1300. The molecule has 170 valence electrons. The number of sulfonamides is 1. The SMILES string of the molecule is CCc1ccc2c(c1)sc(=NC(=O)c1ccc(S(=O)(=O)N(C)C3CCCCC3)cc1)n2C. The van der Waals surface area contributed by atoms with E-state index < -0.39 is 10.0 Å². The Morgan fingerprint density at radius 1 is 1.12 bits per heavy atom. The van der Waals surface area contributed by atoms with E-state index in [-0.39, 0.29) is 16.8 Å². The third kappa shape index (κ3) is 4.44. The zero-order valence-corrected chi connectivity index (χ0v) is 20.4. The Hall–Kier alpha value is -2.29. The van der Waals surface area contributed by atoms with E-state index >= 15 is 0 Å². The van der Waals surface area contributed by atoms with Gasteiger partial charge in [0.05, 0.1) is 15.1 Å². The lowest BCUT2D eigenvalue weighted by Gasteiger charge is -2.30. The fourth-order valence-corrected chi connectivity index (χ4v) is 6.73. The molecule has 1 aromatic heterocycles. The first-order valence-electron chi connectivity index (χ1n) is 11.1. The highest BCUT2D eigenvalue weighted by atomic mass is 32.2. The molecule has 0 aliphatic heterocycles. The summed E-state index contributed by atoms with van der Waals surface area (Å²) in [6.45, 7) is 2.11. The van der Waals surface area contributed by atoms with Gasteiger partial charge in [0.25, 0.3) is 5.91 Å². The third-order valence-electron chi connectivity index (χ3n) is 6.35. The molecule has 0 radical (unpaired) electrons. The lowest BCUT2D eigenvalue weighted by atomic mass is 9.96. The molecule has 0 unspecified atom stereocenters. The van der Waals surface area contributed by atoms with Crippen LogP contribution in [0.2, 0.25) is 0 Å². The molecule has 0 bridgehead atoms. The van der Waals surface area contributed by atoms with E-state index in [1.165, 1.54) is 39.8 Å². The fraction of sp³-hybridized carbons (Fsp3) is 0.417. The van der Waals surface area contributed by atoms with Gasteiger partial charge in [-0.05, 0) is 61.2 Å². The Morgan fingerprint density at radius 2 is 1.81 bits per heavy atom. The summed E-state index contributed by atoms with van der Waals surface area (Å²) < 4.78 is 30.5.